The monoisotopic (exact) mass is 428 g/mol. The number of benzene rings is 2. The molecule has 0 radical (unpaired) electrons. The molecule has 2 aromatic carbocycles. The van der Waals surface area contributed by atoms with Gasteiger partial charge < -0.3 is 20.5 Å². The SMILES string of the molecule is CCOc1cc(Br)c(NC(=O)c2cc(N)ccc2C)cc1OCC.Cl. The molecule has 0 fully saturated rings. The molecule has 0 aliphatic carbocycles. The van der Waals surface area contributed by atoms with E-state index in [-0.39, 0.29) is 18.3 Å². The van der Waals surface area contributed by atoms with Crippen LogP contribution in [-0.4, -0.2) is 19.1 Å². The van der Waals surface area contributed by atoms with E-state index in [0.717, 1.165) is 5.56 Å². The van der Waals surface area contributed by atoms with Crippen molar-refractivity contribution in [3.8, 4) is 11.5 Å². The Morgan fingerprint density at radius 1 is 1.12 bits per heavy atom. The maximum Gasteiger partial charge on any atom is 0.256 e. The highest BCUT2D eigenvalue weighted by Gasteiger charge is 2.15. The van der Waals surface area contributed by atoms with E-state index in [1.54, 1.807) is 24.3 Å². The lowest BCUT2D eigenvalue weighted by atomic mass is 10.1. The fraction of sp³-hybridized carbons (Fsp3) is 0.278. The molecule has 0 aliphatic rings. The zero-order valence-electron chi connectivity index (χ0n) is 14.4. The fourth-order valence-corrected chi connectivity index (χ4v) is 2.66. The molecule has 1 amide bonds. The Morgan fingerprint density at radius 3 is 2.32 bits per heavy atom. The Morgan fingerprint density at radius 2 is 1.72 bits per heavy atom. The number of hydrogen-bond acceptors (Lipinski definition) is 4. The molecule has 2 rings (SSSR count). The van der Waals surface area contributed by atoms with Gasteiger partial charge in [-0.1, -0.05) is 6.07 Å². The lowest BCUT2D eigenvalue weighted by Gasteiger charge is -2.15. The van der Waals surface area contributed by atoms with Gasteiger partial charge in [0.2, 0.25) is 0 Å². The van der Waals surface area contributed by atoms with Crippen molar-refractivity contribution in [2.24, 2.45) is 0 Å². The van der Waals surface area contributed by atoms with Gasteiger partial charge in [0.05, 0.1) is 18.9 Å². The molecular weight excluding hydrogens is 408 g/mol. The van der Waals surface area contributed by atoms with Gasteiger partial charge in [-0.25, -0.2) is 0 Å². The Bertz CT molecular complexity index is 753. The number of carbonyl (C=O) groups excluding carboxylic acids is 1. The molecule has 0 saturated heterocycles. The summed E-state index contributed by atoms with van der Waals surface area (Å²) < 4.78 is 11.9. The van der Waals surface area contributed by atoms with Crippen LogP contribution in [0.1, 0.15) is 29.8 Å². The predicted octanol–water partition coefficient (Wildman–Crippen LogP) is 4.81. The lowest BCUT2D eigenvalue weighted by molar-refractivity contribution is 0.102. The Kier molecular flexibility index (Phi) is 8.06. The van der Waals surface area contributed by atoms with Gasteiger partial charge >= 0.3 is 0 Å². The third kappa shape index (κ3) is 5.28. The first kappa shape index (κ1) is 21.1. The van der Waals surface area contributed by atoms with Gasteiger partial charge in [-0.2, -0.15) is 0 Å². The molecule has 0 saturated carbocycles. The summed E-state index contributed by atoms with van der Waals surface area (Å²) in [5.74, 6) is 0.985. The number of aryl methyl sites for hydroxylation is 1. The van der Waals surface area contributed by atoms with Crippen LogP contribution in [-0.2, 0) is 0 Å². The van der Waals surface area contributed by atoms with Gasteiger partial charge in [0, 0.05) is 27.9 Å². The highest BCUT2D eigenvalue weighted by Crippen LogP contribution is 2.37. The topological polar surface area (TPSA) is 73.6 Å². The smallest absolute Gasteiger partial charge is 0.256 e. The third-order valence-corrected chi connectivity index (χ3v) is 4.04. The van der Waals surface area contributed by atoms with E-state index in [4.69, 9.17) is 15.2 Å². The van der Waals surface area contributed by atoms with E-state index >= 15 is 0 Å². The molecule has 3 N–H and O–H groups in total. The number of anilines is 2. The highest BCUT2D eigenvalue weighted by molar-refractivity contribution is 9.10. The molecule has 25 heavy (non-hydrogen) atoms. The Hall–Kier alpha value is -1.92. The minimum atomic E-state index is -0.230. The lowest BCUT2D eigenvalue weighted by Crippen LogP contribution is -2.14. The van der Waals surface area contributed by atoms with Gasteiger partial charge in [-0.15, -0.1) is 12.4 Å². The van der Waals surface area contributed by atoms with E-state index in [0.29, 0.717) is 46.1 Å². The summed E-state index contributed by atoms with van der Waals surface area (Å²) >= 11 is 3.46. The van der Waals surface area contributed by atoms with Crippen LogP contribution in [0.2, 0.25) is 0 Å². The standard InChI is InChI=1S/C18H21BrN2O3.ClH/c1-4-23-16-9-14(19)15(10-17(16)24-5-2)21-18(22)13-8-12(20)7-6-11(13)3;/h6-10H,4-5,20H2,1-3H3,(H,21,22);1H. The highest BCUT2D eigenvalue weighted by atomic mass is 79.9. The van der Waals surface area contributed by atoms with Crippen LogP contribution in [0.3, 0.4) is 0 Å². The largest absolute Gasteiger partial charge is 0.490 e. The number of halogens is 2. The van der Waals surface area contributed by atoms with Crippen molar-refractivity contribution in [1.29, 1.82) is 0 Å². The van der Waals surface area contributed by atoms with Crippen LogP contribution < -0.4 is 20.5 Å². The number of carbonyl (C=O) groups is 1. The summed E-state index contributed by atoms with van der Waals surface area (Å²) in [6.07, 6.45) is 0. The van der Waals surface area contributed by atoms with Crippen LogP contribution in [0.5, 0.6) is 11.5 Å². The van der Waals surface area contributed by atoms with Gasteiger partial charge in [0.15, 0.2) is 11.5 Å². The summed E-state index contributed by atoms with van der Waals surface area (Å²) in [6.45, 7) is 6.70. The second kappa shape index (κ2) is 9.53. The van der Waals surface area contributed by atoms with Gasteiger partial charge in [-0.05, 0) is 54.4 Å². The van der Waals surface area contributed by atoms with Gasteiger partial charge in [-0.3, -0.25) is 4.79 Å². The first-order valence-corrected chi connectivity index (χ1v) is 8.52. The molecule has 0 atom stereocenters. The second-order valence-electron chi connectivity index (χ2n) is 5.17. The zero-order valence-corrected chi connectivity index (χ0v) is 16.8. The quantitative estimate of drug-likeness (QED) is 0.646. The first-order valence-electron chi connectivity index (χ1n) is 7.72. The number of hydrogen-bond donors (Lipinski definition) is 2. The fourth-order valence-electron chi connectivity index (χ4n) is 2.24. The molecule has 0 bridgehead atoms. The van der Waals surface area contributed by atoms with Crippen molar-refractivity contribution >= 4 is 45.6 Å². The molecule has 0 unspecified atom stereocenters. The molecule has 0 aliphatic heterocycles. The molecule has 136 valence electrons. The van der Waals surface area contributed by atoms with Gasteiger partial charge in [0.1, 0.15) is 0 Å². The van der Waals surface area contributed by atoms with Crippen molar-refractivity contribution < 1.29 is 14.3 Å². The molecule has 7 heteroatoms. The molecule has 5 nitrogen and oxygen atoms in total. The summed E-state index contributed by atoms with van der Waals surface area (Å²) in [4.78, 5) is 12.6. The molecule has 0 aromatic heterocycles. The van der Waals surface area contributed by atoms with Crippen LogP contribution in [0.4, 0.5) is 11.4 Å². The maximum atomic E-state index is 12.6. The summed E-state index contributed by atoms with van der Waals surface area (Å²) in [7, 11) is 0. The Labute approximate surface area is 162 Å². The normalized spacial score (nSPS) is 9.92. The van der Waals surface area contributed by atoms with E-state index < -0.39 is 0 Å². The van der Waals surface area contributed by atoms with Crippen LogP contribution in [0, 0.1) is 6.92 Å². The van der Waals surface area contributed by atoms with Crippen molar-refractivity contribution in [3.05, 3.63) is 45.9 Å². The van der Waals surface area contributed by atoms with E-state index in [1.165, 1.54) is 0 Å². The number of ether oxygens (including phenoxy) is 2. The molecule has 0 heterocycles. The average molecular weight is 430 g/mol. The number of nitrogen functional groups attached to an aromatic ring is 1. The number of nitrogens with one attached hydrogen (secondary N) is 1. The summed E-state index contributed by atoms with van der Waals surface area (Å²) in [6, 6.07) is 8.79. The second-order valence-corrected chi connectivity index (χ2v) is 6.03. The minimum absolute atomic E-state index is 0. The predicted molar refractivity (Wildman–Crippen MR) is 107 cm³/mol. The van der Waals surface area contributed by atoms with E-state index in [1.807, 2.05) is 26.8 Å². The average Bonchev–Trinajstić information content (AvgIpc) is 2.54. The Balaban J connectivity index is 0.00000312. The van der Waals surface area contributed by atoms with Crippen molar-refractivity contribution in [3.63, 3.8) is 0 Å². The van der Waals surface area contributed by atoms with E-state index in [9.17, 15) is 4.79 Å². The van der Waals surface area contributed by atoms with Crippen LogP contribution >= 0.6 is 28.3 Å². The van der Waals surface area contributed by atoms with Crippen molar-refractivity contribution in [2.75, 3.05) is 24.3 Å². The molecule has 0 spiro atoms. The van der Waals surface area contributed by atoms with Crippen LogP contribution in [0.25, 0.3) is 0 Å². The molecular formula is C18H22BrClN2O3. The number of nitrogens with two attached hydrogens (primary N) is 1. The minimum Gasteiger partial charge on any atom is -0.490 e. The van der Waals surface area contributed by atoms with Gasteiger partial charge in [0.25, 0.3) is 5.91 Å². The third-order valence-electron chi connectivity index (χ3n) is 3.39. The van der Waals surface area contributed by atoms with Crippen LogP contribution in [0.15, 0.2) is 34.8 Å². The van der Waals surface area contributed by atoms with Crippen molar-refractivity contribution in [2.45, 2.75) is 20.8 Å². The number of rotatable bonds is 6. The zero-order chi connectivity index (χ0) is 17.7. The van der Waals surface area contributed by atoms with Crippen molar-refractivity contribution in [1.82, 2.24) is 0 Å². The maximum absolute atomic E-state index is 12.6. The molecule has 2 aromatic rings. The van der Waals surface area contributed by atoms with E-state index in [2.05, 4.69) is 21.2 Å². The summed E-state index contributed by atoms with van der Waals surface area (Å²) in [5.41, 5.74) is 8.32. The summed E-state index contributed by atoms with van der Waals surface area (Å²) in [5, 5.41) is 2.89. The first-order chi connectivity index (χ1) is 11.5. The number of amides is 1.